The van der Waals surface area contributed by atoms with Crippen LogP contribution < -0.4 is 19.7 Å². The third-order valence-electron chi connectivity index (χ3n) is 4.17. The molecule has 1 aromatic heterocycles. The Morgan fingerprint density at radius 1 is 0.966 bits per heavy atom. The molecule has 0 aliphatic carbocycles. The first-order chi connectivity index (χ1) is 14.0. The quantitative estimate of drug-likeness (QED) is 0.605. The lowest BCUT2D eigenvalue weighted by Gasteiger charge is -2.18. The maximum Gasteiger partial charge on any atom is 0.337 e. The van der Waals surface area contributed by atoms with E-state index in [9.17, 15) is 4.79 Å². The van der Waals surface area contributed by atoms with Crippen molar-refractivity contribution in [2.24, 2.45) is 0 Å². The highest BCUT2D eigenvalue weighted by atomic mass is 16.5. The number of rotatable bonds is 7. The highest BCUT2D eigenvalue weighted by Crippen LogP contribution is 2.30. The van der Waals surface area contributed by atoms with Gasteiger partial charge < -0.3 is 24.4 Å². The summed E-state index contributed by atoms with van der Waals surface area (Å²) in [5, 5.41) is 3.12. The number of esters is 1. The topological polar surface area (TPSA) is 98.7 Å². The van der Waals surface area contributed by atoms with Crippen molar-refractivity contribution in [1.82, 2.24) is 15.0 Å². The zero-order valence-corrected chi connectivity index (χ0v) is 16.5. The van der Waals surface area contributed by atoms with Gasteiger partial charge in [-0.15, -0.1) is 0 Å². The number of methoxy groups -OCH3 is 3. The summed E-state index contributed by atoms with van der Waals surface area (Å²) in [6.07, 6.45) is 1.42. The zero-order valence-electron chi connectivity index (χ0n) is 16.5. The number of nitrogens with zero attached hydrogens (tertiary/aromatic N) is 4. The Kier molecular flexibility index (Phi) is 6.08. The summed E-state index contributed by atoms with van der Waals surface area (Å²) in [7, 11) is 6.32. The second-order valence-electron chi connectivity index (χ2n) is 5.90. The van der Waals surface area contributed by atoms with Gasteiger partial charge in [0.2, 0.25) is 11.9 Å². The van der Waals surface area contributed by atoms with Gasteiger partial charge in [-0.1, -0.05) is 0 Å². The van der Waals surface area contributed by atoms with Crippen molar-refractivity contribution in [3.05, 3.63) is 54.4 Å². The minimum atomic E-state index is -0.388. The highest BCUT2D eigenvalue weighted by Gasteiger charge is 2.12. The summed E-state index contributed by atoms with van der Waals surface area (Å²) >= 11 is 0. The molecule has 9 nitrogen and oxygen atoms in total. The van der Waals surface area contributed by atoms with Crippen LogP contribution in [0.1, 0.15) is 10.4 Å². The number of carbonyl (C=O) groups is 1. The number of hydrogen-bond donors (Lipinski definition) is 1. The molecule has 0 amide bonds. The van der Waals surface area contributed by atoms with Gasteiger partial charge in [-0.2, -0.15) is 4.98 Å². The van der Waals surface area contributed by atoms with Crippen molar-refractivity contribution >= 4 is 29.2 Å². The first kappa shape index (κ1) is 19.9. The van der Waals surface area contributed by atoms with E-state index in [4.69, 9.17) is 14.2 Å². The fourth-order valence-corrected chi connectivity index (χ4v) is 2.61. The Bertz CT molecular complexity index is 994. The minimum Gasteiger partial charge on any atom is -0.493 e. The number of ether oxygens (including phenoxy) is 3. The highest BCUT2D eigenvalue weighted by molar-refractivity contribution is 5.89. The van der Waals surface area contributed by atoms with Crippen molar-refractivity contribution in [2.45, 2.75) is 0 Å². The molecule has 3 aromatic rings. The van der Waals surface area contributed by atoms with Crippen LogP contribution in [0.15, 0.2) is 48.8 Å². The Labute approximate surface area is 168 Å². The zero-order chi connectivity index (χ0) is 20.8. The molecule has 0 fully saturated rings. The molecule has 0 atom stereocenters. The van der Waals surface area contributed by atoms with Crippen LogP contribution in [0.5, 0.6) is 11.5 Å². The van der Waals surface area contributed by atoms with Crippen LogP contribution in [-0.4, -0.2) is 49.3 Å². The van der Waals surface area contributed by atoms with Crippen LogP contribution in [0.3, 0.4) is 0 Å². The Balaban J connectivity index is 1.79. The number of aromatic nitrogens is 3. The molecule has 1 heterocycles. The van der Waals surface area contributed by atoms with Gasteiger partial charge in [-0.25, -0.2) is 14.8 Å². The van der Waals surface area contributed by atoms with E-state index in [-0.39, 0.29) is 5.97 Å². The molecular formula is C20H21N5O4. The third kappa shape index (κ3) is 4.52. The van der Waals surface area contributed by atoms with Gasteiger partial charge in [-0.05, 0) is 36.4 Å². The van der Waals surface area contributed by atoms with Crippen molar-refractivity contribution in [2.75, 3.05) is 38.6 Å². The average molecular weight is 395 g/mol. The lowest BCUT2D eigenvalue weighted by Crippen LogP contribution is -2.14. The predicted molar refractivity (Wildman–Crippen MR) is 109 cm³/mol. The first-order valence-corrected chi connectivity index (χ1v) is 8.66. The predicted octanol–water partition coefficient (Wildman–Crippen LogP) is 3.19. The lowest BCUT2D eigenvalue weighted by molar-refractivity contribution is 0.0601. The van der Waals surface area contributed by atoms with Gasteiger partial charge >= 0.3 is 5.97 Å². The van der Waals surface area contributed by atoms with Gasteiger partial charge in [0.15, 0.2) is 11.5 Å². The second-order valence-corrected chi connectivity index (χ2v) is 5.90. The molecule has 0 aliphatic rings. The molecule has 0 saturated carbocycles. The summed E-state index contributed by atoms with van der Waals surface area (Å²) < 4.78 is 15.3. The number of benzene rings is 2. The van der Waals surface area contributed by atoms with Crippen molar-refractivity contribution in [1.29, 1.82) is 0 Å². The molecule has 0 spiro atoms. The molecule has 3 rings (SSSR count). The average Bonchev–Trinajstić information content (AvgIpc) is 2.78. The van der Waals surface area contributed by atoms with Crippen LogP contribution in [-0.2, 0) is 4.74 Å². The van der Waals surface area contributed by atoms with Crippen molar-refractivity contribution in [3.63, 3.8) is 0 Å². The summed E-state index contributed by atoms with van der Waals surface area (Å²) in [6.45, 7) is 0. The molecular weight excluding hydrogens is 374 g/mol. The van der Waals surface area contributed by atoms with E-state index >= 15 is 0 Å². The second kappa shape index (κ2) is 8.87. The SMILES string of the molecule is COC(=O)c1ccc(N(C)c2ncnc(Nc3ccc(OC)c(OC)c3)n2)cc1. The molecule has 29 heavy (non-hydrogen) atoms. The van der Waals surface area contributed by atoms with Gasteiger partial charge in [-0.3, -0.25) is 0 Å². The number of hydrogen-bond acceptors (Lipinski definition) is 9. The molecule has 9 heteroatoms. The smallest absolute Gasteiger partial charge is 0.337 e. The molecule has 0 bridgehead atoms. The van der Waals surface area contributed by atoms with Crippen LogP contribution in [0.2, 0.25) is 0 Å². The van der Waals surface area contributed by atoms with Crippen molar-refractivity contribution < 1.29 is 19.0 Å². The summed E-state index contributed by atoms with van der Waals surface area (Å²) in [6, 6.07) is 12.4. The number of carbonyl (C=O) groups excluding carboxylic acids is 1. The van der Waals surface area contributed by atoms with E-state index < -0.39 is 0 Å². The lowest BCUT2D eigenvalue weighted by atomic mass is 10.2. The van der Waals surface area contributed by atoms with E-state index in [2.05, 4.69) is 20.3 Å². The maximum absolute atomic E-state index is 11.6. The van der Waals surface area contributed by atoms with Gasteiger partial charge in [0.25, 0.3) is 0 Å². The normalized spacial score (nSPS) is 10.2. The molecule has 0 aliphatic heterocycles. The molecule has 0 radical (unpaired) electrons. The van der Waals surface area contributed by atoms with Crippen LogP contribution in [0, 0.1) is 0 Å². The number of nitrogens with one attached hydrogen (secondary N) is 1. The largest absolute Gasteiger partial charge is 0.493 e. The van der Waals surface area contributed by atoms with Crippen LogP contribution in [0.4, 0.5) is 23.3 Å². The molecule has 0 saturated heterocycles. The van der Waals surface area contributed by atoms with Gasteiger partial charge in [0.05, 0.1) is 26.9 Å². The minimum absolute atomic E-state index is 0.375. The van der Waals surface area contributed by atoms with Crippen molar-refractivity contribution in [3.8, 4) is 11.5 Å². The molecule has 1 N–H and O–H groups in total. The number of anilines is 4. The molecule has 0 unspecified atom stereocenters. The Hall–Kier alpha value is -3.88. The van der Waals surface area contributed by atoms with Crippen LogP contribution in [0.25, 0.3) is 0 Å². The Morgan fingerprint density at radius 3 is 2.34 bits per heavy atom. The van der Waals surface area contributed by atoms with E-state index in [1.54, 1.807) is 55.5 Å². The Morgan fingerprint density at radius 2 is 1.69 bits per heavy atom. The van der Waals surface area contributed by atoms with E-state index in [1.807, 2.05) is 13.1 Å². The monoisotopic (exact) mass is 395 g/mol. The summed E-state index contributed by atoms with van der Waals surface area (Å²) in [4.78, 5) is 26.2. The van der Waals surface area contributed by atoms with E-state index in [0.717, 1.165) is 11.4 Å². The third-order valence-corrected chi connectivity index (χ3v) is 4.17. The molecule has 150 valence electrons. The summed E-state index contributed by atoms with van der Waals surface area (Å²) in [5.41, 5.74) is 2.02. The van der Waals surface area contributed by atoms with Gasteiger partial charge in [0.1, 0.15) is 6.33 Å². The maximum atomic E-state index is 11.6. The molecule has 2 aromatic carbocycles. The van der Waals surface area contributed by atoms with Gasteiger partial charge in [0, 0.05) is 24.5 Å². The van der Waals surface area contributed by atoms with Crippen LogP contribution >= 0.6 is 0 Å². The standard InChI is InChI=1S/C20H21N5O4/c1-25(15-8-5-13(6-9-15)18(26)29-4)20-22-12-21-19(24-20)23-14-7-10-16(27-2)17(11-14)28-3/h5-12H,1-4H3,(H,21,22,23,24). The fraction of sp³-hybridized carbons (Fsp3) is 0.200. The van der Waals surface area contributed by atoms with E-state index in [1.165, 1.54) is 13.4 Å². The van der Waals surface area contributed by atoms with E-state index in [0.29, 0.717) is 29.0 Å². The first-order valence-electron chi connectivity index (χ1n) is 8.66. The summed E-state index contributed by atoms with van der Waals surface area (Å²) in [5.74, 6) is 1.65. The fourth-order valence-electron chi connectivity index (χ4n) is 2.61.